The molecular weight excluding hydrogens is 176 g/mol. The lowest BCUT2D eigenvalue weighted by atomic mass is 10.1. The fraction of sp³-hybridized carbons (Fsp3) is 0.364. The molecule has 0 saturated carbocycles. The number of hydrogen-bond donors (Lipinski definition) is 2. The number of hydrogen-bond acceptors (Lipinski definition) is 2. The van der Waals surface area contributed by atoms with Gasteiger partial charge in [-0.3, -0.25) is 5.41 Å². The van der Waals surface area contributed by atoms with Crippen LogP contribution in [0, 0.1) is 19.3 Å². The lowest BCUT2D eigenvalue weighted by molar-refractivity contribution is 0.282. The molecule has 76 valence electrons. The Morgan fingerprint density at radius 3 is 2.64 bits per heavy atom. The lowest BCUT2D eigenvalue weighted by Gasteiger charge is -2.15. The van der Waals surface area contributed by atoms with Gasteiger partial charge in [-0.25, -0.2) is 0 Å². The Kier molecular flexibility index (Phi) is 3.12. The molecule has 0 heterocycles. The van der Waals surface area contributed by atoms with Crippen molar-refractivity contribution >= 4 is 5.84 Å². The third-order valence-electron chi connectivity index (χ3n) is 2.09. The van der Waals surface area contributed by atoms with E-state index in [1.54, 1.807) is 6.92 Å². The molecule has 0 fully saturated rings. The maximum absolute atomic E-state index is 7.23. The van der Waals surface area contributed by atoms with Crippen molar-refractivity contribution in [3.05, 3.63) is 29.3 Å². The van der Waals surface area contributed by atoms with Crippen molar-refractivity contribution < 1.29 is 4.74 Å². The zero-order valence-corrected chi connectivity index (χ0v) is 8.79. The zero-order valence-electron chi connectivity index (χ0n) is 8.79. The maximum atomic E-state index is 7.23. The topological polar surface area (TPSA) is 59.1 Å². The monoisotopic (exact) mass is 192 g/mol. The normalized spacial score (nSPS) is 12.2. The highest BCUT2D eigenvalue weighted by Gasteiger charge is 2.08. The number of rotatable bonds is 3. The number of nitrogens with one attached hydrogen (secondary N) is 1. The first-order valence-electron chi connectivity index (χ1n) is 4.58. The molecule has 0 aliphatic carbocycles. The highest BCUT2D eigenvalue weighted by atomic mass is 16.5. The molecule has 1 unspecified atom stereocenters. The highest BCUT2D eigenvalue weighted by molar-refractivity contribution is 5.81. The molecule has 14 heavy (non-hydrogen) atoms. The molecule has 0 aliphatic heterocycles. The minimum atomic E-state index is -0.365. The Morgan fingerprint density at radius 1 is 1.43 bits per heavy atom. The van der Waals surface area contributed by atoms with Crippen molar-refractivity contribution in [3.63, 3.8) is 0 Å². The summed E-state index contributed by atoms with van der Waals surface area (Å²) in [5.74, 6) is 0.846. The first kappa shape index (κ1) is 10.6. The molecule has 1 rings (SSSR count). The third kappa shape index (κ3) is 2.49. The van der Waals surface area contributed by atoms with Gasteiger partial charge in [-0.15, -0.1) is 0 Å². The summed E-state index contributed by atoms with van der Waals surface area (Å²) in [6.07, 6.45) is -0.365. The van der Waals surface area contributed by atoms with Crippen molar-refractivity contribution in [3.8, 4) is 5.75 Å². The summed E-state index contributed by atoms with van der Waals surface area (Å²) in [5.41, 5.74) is 7.53. The minimum absolute atomic E-state index is 0.0471. The van der Waals surface area contributed by atoms with Gasteiger partial charge in [0, 0.05) is 0 Å². The van der Waals surface area contributed by atoms with Crippen molar-refractivity contribution in [1.82, 2.24) is 0 Å². The van der Waals surface area contributed by atoms with E-state index in [0.29, 0.717) is 0 Å². The van der Waals surface area contributed by atoms with E-state index in [0.717, 1.165) is 16.9 Å². The van der Waals surface area contributed by atoms with Gasteiger partial charge < -0.3 is 10.5 Å². The largest absolute Gasteiger partial charge is 0.483 e. The Balaban J connectivity index is 2.85. The van der Waals surface area contributed by atoms with Gasteiger partial charge >= 0.3 is 0 Å². The maximum Gasteiger partial charge on any atom is 0.152 e. The van der Waals surface area contributed by atoms with Crippen LogP contribution < -0.4 is 10.5 Å². The van der Waals surface area contributed by atoms with E-state index in [2.05, 4.69) is 0 Å². The Bertz CT molecular complexity index is 347. The molecule has 3 N–H and O–H groups in total. The van der Waals surface area contributed by atoms with Crippen molar-refractivity contribution in [1.29, 1.82) is 5.41 Å². The molecule has 3 heteroatoms. The van der Waals surface area contributed by atoms with Gasteiger partial charge in [-0.05, 0) is 38.0 Å². The van der Waals surface area contributed by atoms with Crippen LogP contribution in [-0.4, -0.2) is 11.9 Å². The van der Waals surface area contributed by atoms with E-state index in [9.17, 15) is 0 Å². The van der Waals surface area contributed by atoms with Crippen LogP contribution >= 0.6 is 0 Å². The summed E-state index contributed by atoms with van der Waals surface area (Å²) in [7, 11) is 0. The molecule has 0 radical (unpaired) electrons. The smallest absolute Gasteiger partial charge is 0.152 e. The molecule has 0 amide bonds. The van der Waals surface area contributed by atoms with E-state index in [-0.39, 0.29) is 11.9 Å². The average Bonchev–Trinajstić information content (AvgIpc) is 2.11. The minimum Gasteiger partial charge on any atom is -0.483 e. The second-order valence-corrected chi connectivity index (χ2v) is 3.48. The molecule has 0 aromatic heterocycles. The molecule has 0 bridgehead atoms. The average molecular weight is 192 g/mol. The second-order valence-electron chi connectivity index (χ2n) is 3.48. The van der Waals surface area contributed by atoms with Gasteiger partial charge in [0.15, 0.2) is 6.10 Å². The molecule has 3 nitrogen and oxygen atoms in total. The molecule has 1 aromatic rings. The van der Waals surface area contributed by atoms with E-state index in [1.165, 1.54) is 0 Å². The van der Waals surface area contributed by atoms with Gasteiger partial charge in [-0.2, -0.15) is 0 Å². The van der Waals surface area contributed by atoms with Crippen LogP contribution in [0.3, 0.4) is 0 Å². The van der Waals surface area contributed by atoms with Gasteiger partial charge in [0.05, 0.1) is 0 Å². The summed E-state index contributed by atoms with van der Waals surface area (Å²) >= 11 is 0. The predicted octanol–water partition coefficient (Wildman–Crippen LogP) is 2.01. The molecule has 0 spiro atoms. The first-order valence-corrected chi connectivity index (χ1v) is 4.58. The summed E-state index contributed by atoms with van der Waals surface area (Å²) in [6, 6.07) is 5.98. The van der Waals surface area contributed by atoms with Crippen LogP contribution in [0.2, 0.25) is 0 Å². The molecule has 0 aliphatic rings. The summed E-state index contributed by atoms with van der Waals surface area (Å²) in [4.78, 5) is 0. The predicted molar refractivity (Wildman–Crippen MR) is 57.9 cm³/mol. The van der Waals surface area contributed by atoms with Crippen LogP contribution in [0.1, 0.15) is 18.1 Å². The fourth-order valence-electron chi connectivity index (χ4n) is 1.09. The molecular formula is C11H16N2O. The Hall–Kier alpha value is -1.51. The fourth-order valence-corrected chi connectivity index (χ4v) is 1.09. The van der Waals surface area contributed by atoms with Gasteiger partial charge in [0.1, 0.15) is 11.6 Å². The number of aryl methyl sites for hydroxylation is 2. The Labute approximate surface area is 84.4 Å². The number of ether oxygens (including phenoxy) is 1. The molecule has 1 aromatic carbocycles. The number of amidine groups is 1. The van der Waals surface area contributed by atoms with E-state index in [1.807, 2.05) is 32.0 Å². The quantitative estimate of drug-likeness (QED) is 0.568. The van der Waals surface area contributed by atoms with E-state index >= 15 is 0 Å². The summed E-state index contributed by atoms with van der Waals surface area (Å²) in [5, 5.41) is 7.23. The number of benzene rings is 1. The van der Waals surface area contributed by atoms with Gasteiger partial charge in [0.2, 0.25) is 0 Å². The zero-order chi connectivity index (χ0) is 10.7. The highest BCUT2D eigenvalue weighted by Crippen LogP contribution is 2.20. The van der Waals surface area contributed by atoms with Crippen molar-refractivity contribution in [2.45, 2.75) is 26.9 Å². The van der Waals surface area contributed by atoms with Crippen LogP contribution in [0.5, 0.6) is 5.75 Å². The number of nitrogens with two attached hydrogens (primary N) is 1. The first-order chi connectivity index (χ1) is 6.50. The van der Waals surface area contributed by atoms with E-state index in [4.69, 9.17) is 15.9 Å². The van der Waals surface area contributed by atoms with Crippen LogP contribution in [0.15, 0.2) is 18.2 Å². The van der Waals surface area contributed by atoms with Crippen molar-refractivity contribution in [2.75, 3.05) is 0 Å². The summed E-state index contributed by atoms with van der Waals surface area (Å²) in [6.45, 7) is 5.75. The standard InChI is InChI=1S/C11H16N2O/c1-7-4-5-8(2)10(6-7)14-9(3)11(12)13/h4-6,9H,1-3H3,(H3,12,13). The van der Waals surface area contributed by atoms with Gasteiger partial charge in [0.25, 0.3) is 0 Å². The SMILES string of the molecule is Cc1ccc(C)c(OC(C)C(=N)N)c1. The van der Waals surface area contributed by atoms with Crippen LogP contribution in [-0.2, 0) is 0 Å². The third-order valence-corrected chi connectivity index (χ3v) is 2.09. The molecule has 0 saturated heterocycles. The summed E-state index contributed by atoms with van der Waals surface area (Å²) < 4.78 is 5.54. The lowest BCUT2D eigenvalue weighted by Crippen LogP contribution is -2.30. The van der Waals surface area contributed by atoms with Crippen LogP contribution in [0.25, 0.3) is 0 Å². The Morgan fingerprint density at radius 2 is 2.07 bits per heavy atom. The van der Waals surface area contributed by atoms with Crippen molar-refractivity contribution in [2.24, 2.45) is 5.73 Å². The second kappa shape index (κ2) is 4.13. The van der Waals surface area contributed by atoms with Crippen LogP contribution in [0.4, 0.5) is 0 Å². The van der Waals surface area contributed by atoms with Gasteiger partial charge in [-0.1, -0.05) is 12.1 Å². The van der Waals surface area contributed by atoms with E-state index < -0.39 is 0 Å². The molecule has 1 atom stereocenters.